The average molecular weight is 516 g/mol. The van der Waals surface area contributed by atoms with E-state index in [-0.39, 0.29) is 18.3 Å². The third-order valence-corrected chi connectivity index (χ3v) is 6.44. The second-order valence-electron chi connectivity index (χ2n) is 8.77. The molecular formula is C30H30ClN3O3. The van der Waals surface area contributed by atoms with Crippen molar-refractivity contribution >= 4 is 52.4 Å². The summed E-state index contributed by atoms with van der Waals surface area (Å²) in [5.74, 6) is 1.36. The highest BCUT2D eigenvalue weighted by Crippen LogP contribution is 2.38. The van der Waals surface area contributed by atoms with E-state index < -0.39 is 0 Å². The number of hydrogen-bond acceptors (Lipinski definition) is 5. The summed E-state index contributed by atoms with van der Waals surface area (Å²) in [7, 11) is 3.30. The summed E-state index contributed by atoms with van der Waals surface area (Å²) < 4.78 is 10.8. The number of aryl methyl sites for hydroxylation is 1. The molecule has 0 saturated heterocycles. The lowest BCUT2D eigenvalue weighted by Gasteiger charge is -2.22. The lowest BCUT2D eigenvalue weighted by molar-refractivity contribution is -0.111. The number of methoxy groups -OCH3 is 2. The van der Waals surface area contributed by atoms with E-state index in [4.69, 9.17) is 14.5 Å². The molecule has 0 spiro atoms. The van der Waals surface area contributed by atoms with Crippen LogP contribution in [0.5, 0.6) is 11.5 Å². The fourth-order valence-corrected chi connectivity index (χ4v) is 4.60. The number of carbonyl (C=O) groups is 1. The molecule has 2 N–H and O–H groups in total. The Hall–Kier alpha value is -4.03. The van der Waals surface area contributed by atoms with Crippen LogP contribution in [0.4, 0.5) is 17.1 Å². The molecule has 0 atom stereocenters. The molecule has 0 aliphatic heterocycles. The van der Waals surface area contributed by atoms with Gasteiger partial charge < -0.3 is 20.1 Å². The van der Waals surface area contributed by atoms with Gasteiger partial charge in [-0.1, -0.05) is 24.3 Å². The van der Waals surface area contributed by atoms with Gasteiger partial charge in [0.25, 0.3) is 0 Å². The number of nitrogens with one attached hydrogen (secondary N) is 2. The first-order valence-electron chi connectivity index (χ1n) is 12.1. The zero-order chi connectivity index (χ0) is 24.9. The summed E-state index contributed by atoms with van der Waals surface area (Å²) >= 11 is 0. The van der Waals surface area contributed by atoms with E-state index in [2.05, 4.69) is 10.6 Å². The number of fused-ring (bicyclic) bond motifs is 2. The van der Waals surface area contributed by atoms with Gasteiger partial charge in [0, 0.05) is 22.8 Å². The molecule has 1 aromatic heterocycles. The summed E-state index contributed by atoms with van der Waals surface area (Å²) in [4.78, 5) is 17.6. The minimum absolute atomic E-state index is 0. The Bertz CT molecular complexity index is 1430. The largest absolute Gasteiger partial charge is 0.497 e. The van der Waals surface area contributed by atoms with Gasteiger partial charge in [-0.3, -0.25) is 9.78 Å². The fourth-order valence-electron chi connectivity index (χ4n) is 4.60. The Morgan fingerprint density at radius 1 is 0.946 bits per heavy atom. The number of pyridine rings is 1. The van der Waals surface area contributed by atoms with E-state index in [1.807, 2.05) is 66.7 Å². The van der Waals surface area contributed by atoms with Crippen LogP contribution in [0.2, 0.25) is 0 Å². The lowest BCUT2D eigenvalue weighted by Crippen LogP contribution is -2.11. The van der Waals surface area contributed by atoms with Crippen molar-refractivity contribution in [2.24, 2.45) is 0 Å². The predicted molar refractivity (Wildman–Crippen MR) is 153 cm³/mol. The van der Waals surface area contributed by atoms with Gasteiger partial charge in [-0.15, -0.1) is 12.4 Å². The Morgan fingerprint density at radius 2 is 1.73 bits per heavy atom. The predicted octanol–water partition coefficient (Wildman–Crippen LogP) is 6.95. The maximum atomic E-state index is 12.7. The molecule has 190 valence electrons. The molecule has 1 heterocycles. The first kappa shape index (κ1) is 26.0. The number of benzene rings is 3. The minimum Gasteiger partial charge on any atom is -0.497 e. The first-order chi connectivity index (χ1) is 17.6. The van der Waals surface area contributed by atoms with Crippen LogP contribution in [-0.2, 0) is 17.6 Å². The summed E-state index contributed by atoms with van der Waals surface area (Å²) in [5, 5.41) is 7.59. The molecule has 0 saturated carbocycles. The second kappa shape index (κ2) is 11.8. The van der Waals surface area contributed by atoms with Crippen LogP contribution >= 0.6 is 12.4 Å². The third-order valence-electron chi connectivity index (χ3n) is 6.44. The van der Waals surface area contributed by atoms with Crippen LogP contribution in [0.1, 0.15) is 29.7 Å². The van der Waals surface area contributed by atoms with Crippen LogP contribution in [-0.4, -0.2) is 25.1 Å². The van der Waals surface area contributed by atoms with Crippen LogP contribution in [0.15, 0.2) is 72.8 Å². The van der Waals surface area contributed by atoms with Gasteiger partial charge >= 0.3 is 0 Å². The van der Waals surface area contributed by atoms with Crippen molar-refractivity contribution in [2.45, 2.75) is 25.7 Å². The van der Waals surface area contributed by atoms with Gasteiger partial charge in [0.05, 0.1) is 31.1 Å². The van der Waals surface area contributed by atoms with E-state index in [1.54, 1.807) is 20.3 Å². The van der Waals surface area contributed by atoms with Gasteiger partial charge in [-0.2, -0.15) is 0 Å². The van der Waals surface area contributed by atoms with Crippen molar-refractivity contribution in [2.75, 3.05) is 24.9 Å². The SMILES string of the molecule is COc1ccc(C=CC(=O)Nc2ccc3nc4c(c(Nc5ccccc5OC)c3c2)CCCC4)cc1.Cl. The highest BCUT2D eigenvalue weighted by molar-refractivity contribution is 6.04. The molecule has 4 aromatic rings. The Morgan fingerprint density at radius 3 is 2.51 bits per heavy atom. The molecule has 37 heavy (non-hydrogen) atoms. The van der Waals surface area contributed by atoms with Crippen LogP contribution < -0.4 is 20.1 Å². The smallest absolute Gasteiger partial charge is 0.248 e. The molecular weight excluding hydrogens is 486 g/mol. The highest BCUT2D eigenvalue weighted by Gasteiger charge is 2.19. The molecule has 0 fully saturated rings. The van der Waals surface area contributed by atoms with Crippen LogP contribution in [0.3, 0.4) is 0 Å². The number of nitrogens with zero attached hydrogens (tertiary/aromatic N) is 1. The van der Waals surface area contributed by atoms with Gasteiger partial charge in [-0.25, -0.2) is 0 Å². The van der Waals surface area contributed by atoms with Gasteiger partial charge in [0.2, 0.25) is 5.91 Å². The Kier molecular flexibility index (Phi) is 8.31. The Labute approximate surface area is 223 Å². The summed E-state index contributed by atoms with van der Waals surface area (Å²) in [5.41, 5.74) is 6.85. The van der Waals surface area contributed by atoms with E-state index in [9.17, 15) is 4.79 Å². The van der Waals surface area contributed by atoms with Gasteiger partial charge in [0.1, 0.15) is 11.5 Å². The second-order valence-corrected chi connectivity index (χ2v) is 8.77. The zero-order valence-electron chi connectivity index (χ0n) is 20.9. The van der Waals surface area contributed by atoms with E-state index in [1.165, 1.54) is 11.6 Å². The van der Waals surface area contributed by atoms with Crippen molar-refractivity contribution in [3.63, 3.8) is 0 Å². The standard InChI is InChI=1S/C30H29N3O3.ClH/c1-35-22-15-11-20(12-16-22)13-18-29(34)31-21-14-17-26-24(19-21)30(23-7-3-4-8-25(23)32-26)33-27-9-5-6-10-28(27)36-2;/h5-6,9-19H,3-4,7-8H2,1-2H3,(H,31,34)(H,32,33);1H. The van der Waals surface area contributed by atoms with Crippen molar-refractivity contribution < 1.29 is 14.3 Å². The normalized spacial score (nSPS) is 12.5. The number of para-hydroxylation sites is 2. The molecule has 5 rings (SSSR count). The molecule has 0 bridgehead atoms. The number of halogens is 1. The highest BCUT2D eigenvalue weighted by atomic mass is 35.5. The molecule has 3 aromatic carbocycles. The summed E-state index contributed by atoms with van der Waals surface area (Å²) in [6.45, 7) is 0. The number of ether oxygens (including phenoxy) is 2. The number of amides is 1. The van der Waals surface area contributed by atoms with Crippen molar-refractivity contribution in [3.8, 4) is 11.5 Å². The van der Waals surface area contributed by atoms with Crippen molar-refractivity contribution in [1.29, 1.82) is 0 Å². The topological polar surface area (TPSA) is 72.5 Å². The average Bonchev–Trinajstić information content (AvgIpc) is 2.92. The number of hydrogen-bond donors (Lipinski definition) is 2. The number of anilines is 3. The fraction of sp³-hybridized carbons (Fsp3) is 0.200. The summed E-state index contributed by atoms with van der Waals surface area (Å²) in [6.07, 6.45) is 7.53. The van der Waals surface area contributed by atoms with Crippen molar-refractivity contribution in [1.82, 2.24) is 4.98 Å². The third kappa shape index (κ3) is 5.87. The molecule has 1 aliphatic carbocycles. The van der Waals surface area contributed by atoms with Crippen LogP contribution in [0, 0.1) is 0 Å². The number of rotatable bonds is 7. The molecule has 6 nitrogen and oxygen atoms in total. The number of aromatic nitrogens is 1. The Balaban J connectivity index is 0.00000320. The van der Waals surface area contributed by atoms with E-state index in [0.29, 0.717) is 5.69 Å². The molecule has 0 unspecified atom stereocenters. The molecule has 7 heteroatoms. The van der Waals surface area contributed by atoms with Gasteiger partial charge in [0.15, 0.2) is 0 Å². The first-order valence-corrected chi connectivity index (χ1v) is 12.1. The van der Waals surface area contributed by atoms with E-state index >= 15 is 0 Å². The molecule has 0 radical (unpaired) electrons. The number of carbonyl (C=O) groups excluding carboxylic acids is 1. The maximum absolute atomic E-state index is 12.7. The van der Waals surface area contributed by atoms with Crippen molar-refractivity contribution in [3.05, 3.63) is 89.6 Å². The monoisotopic (exact) mass is 515 g/mol. The minimum atomic E-state index is -0.199. The van der Waals surface area contributed by atoms with E-state index in [0.717, 1.165) is 70.7 Å². The summed E-state index contributed by atoms with van der Waals surface area (Å²) in [6, 6.07) is 21.3. The molecule has 1 amide bonds. The van der Waals surface area contributed by atoms with Crippen LogP contribution in [0.25, 0.3) is 17.0 Å². The maximum Gasteiger partial charge on any atom is 0.248 e. The quantitative estimate of drug-likeness (QED) is 0.261. The van der Waals surface area contributed by atoms with Gasteiger partial charge in [-0.05, 0) is 85.4 Å². The zero-order valence-corrected chi connectivity index (χ0v) is 21.7. The lowest BCUT2D eigenvalue weighted by atomic mass is 9.92. The molecule has 1 aliphatic rings.